The fourth-order valence-corrected chi connectivity index (χ4v) is 3.39. The van der Waals surface area contributed by atoms with Crippen molar-refractivity contribution in [3.05, 3.63) is 69.8 Å². The van der Waals surface area contributed by atoms with E-state index in [4.69, 9.17) is 9.47 Å². The van der Waals surface area contributed by atoms with E-state index < -0.39 is 5.82 Å². The van der Waals surface area contributed by atoms with E-state index in [-0.39, 0.29) is 24.9 Å². The number of hydrogen-bond donors (Lipinski definition) is 1. The van der Waals surface area contributed by atoms with Crippen LogP contribution in [0.3, 0.4) is 0 Å². The molecule has 0 aromatic carbocycles. The normalized spacial score (nSPS) is 17.3. The van der Waals surface area contributed by atoms with E-state index >= 15 is 0 Å². The molecule has 31 heavy (non-hydrogen) atoms. The number of aromatic nitrogens is 4. The molecule has 3 heterocycles. The molecule has 0 bridgehead atoms. The fraction of sp³-hybridized carbons (Fsp3) is 0.364. The van der Waals surface area contributed by atoms with Gasteiger partial charge in [0, 0.05) is 37.8 Å². The molecule has 1 saturated carbocycles. The van der Waals surface area contributed by atoms with E-state index in [9.17, 15) is 9.18 Å². The molecule has 3 aromatic heterocycles. The number of hydrogen-bond acceptors (Lipinski definition) is 7. The zero-order valence-electron chi connectivity index (χ0n) is 17.6. The number of nitrogens with zero attached hydrogens (tertiary/aromatic N) is 4. The van der Waals surface area contributed by atoms with Gasteiger partial charge in [0.05, 0.1) is 32.2 Å². The Morgan fingerprint density at radius 3 is 2.90 bits per heavy atom. The van der Waals surface area contributed by atoms with Crippen molar-refractivity contribution in [3.8, 4) is 11.6 Å². The molecule has 0 saturated heterocycles. The average molecular weight is 427 g/mol. The number of ether oxygens (including phenoxy) is 2. The van der Waals surface area contributed by atoms with Gasteiger partial charge in [-0.05, 0) is 37.6 Å². The third-order valence-corrected chi connectivity index (χ3v) is 5.29. The smallest absolute Gasteiger partial charge is 0.290 e. The summed E-state index contributed by atoms with van der Waals surface area (Å²) < 4.78 is 26.1. The molecule has 2 atom stereocenters. The summed E-state index contributed by atoms with van der Waals surface area (Å²) in [6.45, 7) is 2.34. The van der Waals surface area contributed by atoms with Gasteiger partial charge in [-0.25, -0.2) is 9.07 Å². The maximum Gasteiger partial charge on any atom is 0.290 e. The van der Waals surface area contributed by atoms with Crippen molar-refractivity contribution in [2.75, 3.05) is 19.0 Å². The zero-order valence-corrected chi connectivity index (χ0v) is 17.6. The number of rotatable bonds is 8. The van der Waals surface area contributed by atoms with Crippen molar-refractivity contribution in [1.82, 2.24) is 19.7 Å². The van der Waals surface area contributed by atoms with Crippen LogP contribution < -0.4 is 20.3 Å². The number of halogens is 1. The average Bonchev–Trinajstić information content (AvgIpc) is 3.55. The molecule has 8 nitrogen and oxygen atoms in total. The van der Waals surface area contributed by atoms with Crippen molar-refractivity contribution >= 4 is 5.69 Å². The lowest BCUT2D eigenvalue weighted by molar-refractivity contribution is 0.278. The van der Waals surface area contributed by atoms with Crippen LogP contribution in [0.4, 0.5) is 10.1 Å². The number of methoxy groups -OCH3 is 1. The van der Waals surface area contributed by atoms with Gasteiger partial charge in [0.1, 0.15) is 17.3 Å². The fourth-order valence-electron chi connectivity index (χ4n) is 3.39. The predicted molar refractivity (Wildman–Crippen MR) is 115 cm³/mol. The topological polar surface area (TPSA) is 91.2 Å². The van der Waals surface area contributed by atoms with Crippen LogP contribution in [-0.2, 0) is 13.6 Å². The minimum Gasteiger partial charge on any atom is -0.495 e. The molecule has 0 spiro atoms. The van der Waals surface area contributed by atoms with Crippen molar-refractivity contribution in [2.24, 2.45) is 13.0 Å². The molecule has 0 amide bonds. The first-order valence-corrected chi connectivity index (χ1v) is 10.0. The van der Waals surface area contributed by atoms with Crippen LogP contribution in [0.2, 0.25) is 0 Å². The summed E-state index contributed by atoms with van der Waals surface area (Å²) in [5.41, 5.74) is 1.91. The molecule has 9 heteroatoms. The van der Waals surface area contributed by atoms with Crippen LogP contribution in [0.25, 0.3) is 0 Å². The Hall–Kier alpha value is -3.49. The first-order chi connectivity index (χ1) is 14.9. The maximum absolute atomic E-state index is 13.9. The molecule has 1 N–H and O–H groups in total. The van der Waals surface area contributed by atoms with Crippen LogP contribution in [0.15, 0.2) is 41.3 Å². The highest BCUT2D eigenvalue weighted by atomic mass is 19.1. The Morgan fingerprint density at radius 1 is 1.32 bits per heavy atom. The Morgan fingerprint density at radius 2 is 2.16 bits per heavy atom. The van der Waals surface area contributed by atoms with Crippen molar-refractivity contribution in [3.63, 3.8) is 0 Å². The molecule has 0 aliphatic heterocycles. The van der Waals surface area contributed by atoms with Gasteiger partial charge >= 0.3 is 0 Å². The van der Waals surface area contributed by atoms with Crippen LogP contribution in [0, 0.1) is 18.7 Å². The Kier molecular flexibility index (Phi) is 5.83. The first kappa shape index (κ1) is 20.8. The van der Waals surface area contributed by atoms with Gasteiger partial charge in [0.15, 0.2) is 0 Å². The molecule has 0 radical (unpaired) electrons. The monoisotopic (exact) mass is 427 g/mol. The van der Waals surface area contributed by atoms with Gasteiger partial charge in [-0.3, -0.25) is 14.8 Å². The molecule has 1 aliphatic rings. The molecule has 1 fully saturated rings. The molecule has 1 aliphatic carbocycles. The summed E-state index contributed by atoms with van der Waals surface area (Å²) >= 11 is 0. The molecule has 2 unspecified atom stereocenters. The SMILES string of the molecule is COc1ccc(C2CC2COc2cc(NCc3nc(C)ccc3F)c(=O)n(C)n2)nc1.[HH]. The van der Waals surface area contributed by atoms with Gasteiger partial charge in [-0.15, -0.1) is 5.10 Å². The summed E-state index contributed by atoms with van der Waals surface area (Å²) in [5, 5.41) is 7.11. The largest absolute Gasteiger partial charge is 0.495 e. The molecular formula is C22H26FN5O3. The van der Waals surface area contributed by atoms with E-state index in [1.165, 1.54) is 10.7 Å². The third-order valence-electron chi connectivity index (χ3n) is 5.29. The summed E-state index contributed by atoms with van der Waals surface area (Å²) in [7, 11) is 3.16. The van der Waals surface area contributed by atoms with Crippen molar-refractivity contribution in [2.45, 2.75) is 25.8 Å². The van der Waals surface area contributed by atoms with Gasteiger partial charge in [-0.1, -0.05) is 0 Å². The number of anilines is 1. The lowest BCUT2D eigenvalue weighted by Crippen LogP contribution is -2.24. The van der Waals surface area contributed by atoms with Crippen molar-refractivity contribution < 1.29 is 15.3 Å². The molecule has 164 valence electrons. The second-order valence-electron chi connectivity index (χ2n) is 7.60. The zero-order chi connectivity index (χ0) is 22.0. The quantitative estimate of drug-likeness (QED) is 0.591. The molecule has 3 aromatic rings. The standard InChI is InChI=1S/C22H24FN5O3.H2/c1-13-4-6-17(23)20(26-13)11-25-19-9-21(27-28(2)22(19)29)31-12-14-8-16(14)18-7-5-15(30-3)10-24-18;/h4-7,9-10,14,16,25H,8,11-12H2,1-3H3;1H. The lowest BCUT2D eigenvalue weighted by Gasteiger charge is -2.11. The second-order valence-corrected chi connectivity index (χ2v) is 7.60. The highest BCUT2D eigenvalue weighted by Gasteiger charge is 2.40. The van der Waals surface area contributed by atoms with E-state index in [1.807, 2.05) is 12.1 Å². The van der Waals surface area contributed by atoms with Gasteiger partial charge in [0.25, 0.3) is 5.56 Å². The summed E-state index contributed by atoms with van der Waals surface area (Å²) in [4.78, 5) is 21.0. The van der Waals surface area contributed by atoms with Crippen LogP contribution >= 0.6 is 0 Å². The van der Waals surface area contributed by atoms with E-state index in [1.54, 1.807) is 39.4 Å². The Bertz CT molecular complexity index is 1140. The van der Waals surface area contributed by atoms with Crippen LogP contribution in [0.5, 0.6) is 11.6 Å². The summed E-state index contributed by atoms with van der Waals surface area (Å²) in [6, 6.07) is 8.37. The minimum absolute atomic E-state index is 0. The van der Waals surface area contributed by atoms with E-state index in [0.717, 1.165) is 17.9 Å². The molecule has 4 rings (SSSR count). The first-order valence-electron chi connectivity index (χ1n) is 10.0. The number of pyridine rings is 2. The van der Waals surface area contributed by atoms with Gasteiger partial charge in [-0.2, -0.15) is 0 Å². The Labute approximate surface area is 180 Å². The van der Waals surface area contributed by atoms with Crippen LogP contribution in [-0.4, -0.2) is 33.5 Å². The summed E-state index contributed by atoms with van der Waals surface area (Å²) in [6.07, 6.45) is 2.69. The maximum atomic E-state index is 13.9. The number of nitrogens with one attached hydrogen (secondary N) is 1. The third kappa shape index (κ3) is 4.82. The van der Waals surface area contributed by atoms with Gasteiger partial charge < -0.3 is 14.8 Å². The van der Waals surface area contributed by atoms with Crippen LogP contribution in [0.1, 0.15) is 30.8 Å². The predicted octanol–water partition coefficient (Wildman–Crippen LogP) is 3.07. The highest BCUT2D eigenvalue weighted by molar-refractivity contribution is 5.43. The number of aryl methyl sites for hydroxylation is 2. The summed E-state index contributed by atoms with van der Waals surface area (Å²) in [5.74, 6) is 1.31. The van der Waals surface area contributed by atoms with E-state index in [2.05, 4.69) is 20.4 Å². The highest BCUT2D eigenvalue weighted by Crippen LogP contribution is 2.46. The molecular weight excluding hydrogens is 401 g/mol. The lowest BCUT2D eigenvalue weighted by atomic mass is 10.2. The minimum atomic E-state index is -0.424. The van der Waals surface area contributed by atoms with Gasteiger partial charge in [0.2, 0.25) is 5.88 Å². The second kappa shape index (κ2) is 8.71. The Balaban J connectivity index is 0.00000289. The van der Waals surface area contributed by atoms with Crippen molar-refractivity contribution in [1.29, 1.82) is 0 Å². The van der Waals surface area contributed by atoms with E-state index in [0.29, 0.717) is 30.0 Å².